The zero-order chi connectivity index (χ0) is 24.3. The molecule has 0 saturated carbocycles. The summed E-state index contributed by atoms with van der Waals surface area (Å²) in [6.45, 7) is 6.38. The first-order valence-electron chi connectivity index (χ1n) is 11.4. The van der Waals surface area contributed by atoms with E-state index < -0.39 is 15.9 Å². The maximum Gasteiger partial charge on any atom is 0.261 e. The molecule has 1 fully saturated rings. The quantitative estimate of drug-likeness (QED) is 0.515. The molecule has 1 N–H and O–H groups in total. The van der Waals surface area contributed by atoms with E-state index in [1.54, 1.807) is 13.0 Å². The first-order chi connectivity index (χ1) is 16.3. The van der Waals surface area contributed by atoms with E-state index in [0.717, 1.165) is 24.8 Å². The van der Waals surface area contributed by atoms with E-state index >= 15 is 0 Å². The Morgan fingerprint density at radius 2 is 1.79 bits per heavy atom. The molecule has 3 aromatic rings. The lowest BCUT2D eigenvalue weighted by atomic mass is 10.1. The SMILES string of the molecule is Cc1onc(-c2ccccc2)c1C(=O)Nc1cc(S(=O)(=O)N2CCCCC2)ccc1OC(C)C. The van der Waals surface area contributed by atoms with E-state index in [1.165, 1.54) is 16.4 Å². The second kappa shape index (κ2) is 9.99. The Morgan fingerprint density at radius 1 is 1.09 bits per heavy atom. The number of piperidine rings is 1. The molecule has 9 heteroatoms. The van der Waals surface area contributed by atoms with Crippen molar-refractivity contribution in [3.05, 3.63) is 59.9 Å². The normalized spacial score (nSPS) is 14.8. The van der Waals surface area contributed by atoms with Gasteiger partial charge in [-0.3, -0.25) is 4.79 Å². The summed E-state index contributed by atoms with van der Waals surface area (Å²) in [6.07, 6.45) is 2.53. The molecule has 0 unspecified atom stereocenters. The predicted molar refractivity (Wildman–Crippen MR) is 129 cm³/mol. The second-order valence-corrected chi connectivity index (χ2v) is 10.5. The summed E-state index contributed by atoms with van der Waals surface area (Å²) < 4.78 is 39.1. The Balaban J connectivity index is 1.70. The summed E-state index contributed by atoms with van der Waals surface area (Å²) in [5, 5.41) is 6.91. The first-order valence-corrected chi connectivity index (χ1v) is 12.9. The number of ether oxygens (including phenoxy) is 1. The van der Waals surface area contributed by atoms with Crippen molar-refractivity contribution >= 4 is 21.6 Å². The van der Waals surface area contributed by atoms with Crippen molar-refractivity contribution in [2.75, 3.05) is 18.4 Å². The van der Waals surface area contributed by atoms with Crippen LogP contribution < -0.4 is 10.1 Å². The molecule has 8 nitrogen and oxygen atoms in total. The van der Waals surface area contributed by atoms with Crippen LogP contribution in [0.1, 0.15) is 49.2 Å². The molecule has 0 aliphatic carbocycles. The first kappa shape index (κ1) is 24.0. The zero-order valence-corrected chi connectivity index (χ0v) is 20.4. The number of rotatable bonds is 7. The van der Waals surface area contributed by atoms with Crippen LogP contribution in [0.25, 0.3) is 11.3 Å². The average molecular weight is 484 g/mol. The molecular formula is C25H29N3O5S. The van der Waals surface area contributed by atoms with Crippen LogP contribution in [-0.4, -0.2) is 43.0 Å². The molecule has 1 amide bonds. The number of amides is 1. The summed E-state index contributed by atoms with van der Waals surface area (Å²) in [4.78, 5) is 13.5. The Bertz CT molecular complexity index is 1260. The maximum atomic E-state index is 13.4. The van der Waals surface area contributed by atoms with Crippen molar-refractivity contribution in [1.82, 2.24) is 9.46 Å². The highest BCUT2D eigenvalue weighted by molar-refractivity contribution is 7.89. The van der Waals surface area contributed by atoms with E-state index in [0.29, 0.717) is 30.3 Å². The summed E-state index contributed by atoms with van der Waals surface area (Å²) >= 11 is 0. The molecule has 1 aromatic heterocycles. The van der Waals surface area contributed by atoms with Gasteiger partial charge in [-0.2, -0.15) is 4.31 Å². The minimum Gasteiger partial charge on any atom is -0.489 e. The number of aryl methyl sites for hydroxylation is 1. The van der Waals surface area contributed by atoms with Gasteiger partial charge in [0.25, 0.3) is 5.91 Å². The molecule has 34 heavy (non-hydrogen) atoms. The van der Waals surface area contributed by atoms with Crippen LogP contribution in [0, 0.1) is 6.92 Å². The third kappa shape index (κ3) is 5.00. The Labute approximate surface area is 200 Å². The highest BCUT2D eigenvalue weighted by Crippen LogP contribution is 2.33. The standard InChI is InChI=1S/C25H29N3O5S/c1-17(2)32-22-13-12-20(34(30,31)28-14-8-5-9-15-28)16-21(22)26-25(29)23-18(3)33-27-24(23)19-10-6-4-7-11-19/h4,6-7,10-13,16-17H,5,8-9,14-15H2,1-3H3,(H,26,29). The van der Waals surface area contributed by atoms with Gasteiger partial charge in [-0.15, -0.1) is 0 Å². The van der Waals surface area contributed by atoms with Crippen molar-refractivity contribution in [3.63, 3.8) is 0 Å². The summed E-state index contributed by atoms with van der Waals surface area (Å²) in [7, 11) is -3.68. The summed E-state index contributed by atoms with van der Waals surface area (Å²) in [6, 6.07) is 13.8. The van der Waals surface area contributed by atoms with E-state index in [2.05, 4.69) is 10.5 Å². The Morgan fingerprint density at radius 3 is 2.47 bits per heavy atom. The van der Waals surface area contributed by atoms with Crippen LogP contribution >= 0.6 is 0 Å². The Kier molecular flexibility index (Phi) is 7.04. The Hall–Kier alpha value is -3.17. The fraction of sp³-hybridized carbons (Fsp3) is 0.360. The second-order valence-electron chi connectivity index (χ2n) is 8.57. The molecule has 1 aliphatic rings. The molecular weight excluding hydrogens is 454 g/mol. The monoisotopic (exact) mass is 483 g/mol. The van der Waals surface area contributed by atoms with E-state index in [-0.39, 0.29) is 22.3 Å². The summed E-state index contributed by atoms with van der Waals surface area (Å²) in [5.41, 5.74) is 1.71. The van der Waals surface area contributed by atoms with Crippen LogP contribution in [0.15, 0.2) is 57.9 Å². The lowest BCUT2D eigenvalue weighted by Crippen LogP contribution is -2.35. The minimum absolute atomic E-state index is 0.117. The highest BCUT2D eigenvalue weighted by Gasteiger charge is 2.28. The van der Waals surface area contributed by atoms with E-state index in [1.807, 2.05) is 44.2 Å². The topological polar surface area (TPSA) is 102 Å². The van der Waals surface area contributed by atoms with Gasteiger partial charge in [0, 0.05) is 18.7 Å². The number of aromatic nitrogens is 1. The van der Waals surface area contributed by atoms with Crippen LogP contribution in [0.3, 0.4) is 0 Å². The molecule has 0 bridgehead atoms. The van der Waals surface area contributed by atoms with Crippen molar-refractivity contribution < 1.29 is 22.5 Å². The van der Waals surface area contributed by atoms with Crippen LogP contribution in [0.2, 0.25) is 0 Å². The molecule has 0 spiro atoms. The largest absolute Gasteiger partial charge is 0.489 e. The van der Waals surface area contributed by atoms with Crippen molar-refractivity contribution in [1.29, 1.82) is 0 Å². The third-order valence-electron chi connectivity index (χ3n) is 5.65. The maximum absolute atomic E-state index is 13.4. The van der Waals surface area contributed by atoms with Gasteiger partial charge >= 0.3 is 0 Å². The molecule has 0 atom stereocenters. The van der Waals surface area contributed by atoms with Gasteiger partial charge in [0.2, 0.25) is 10.0 Å². The van der Waals surface area contributed by atoms with Gasteiger partial charge in [-0.1, -0.05) is 41.9 Å². The lowest BCUT2D eigenvalue weighted by molar-refractivity contribution is 0.102. The number of sulfonamides is 1. The molecule has 4 rings (SSSR count). The number of hydrogen-bond acceptors (Lipinski definition) is 6. The predicted octanol–water partition coefficient (Wildman–Crippen LogP) is 4.86. The van der Waals surface area contributed by atoms with Gasteiger partial charge in [0.15, 0.2) is 0 Å². The molecule has 2 heterocycles. The lowest BCUT2D eigenvalue weighted by Gasteiger charge is -2.26. The number of carbonyl (C=O) groups excluding carboxylic acids is 1. The number of anilines is 1. The molecule has 180 valence electrons. The molecule has 0 radical (unpaired) electrons. The van der Waals surface area contributed by atoms with Gasteiger partial charge in [0.1, 0.15) is 22.8 Å². The van der Waals surface area contributed by atoms with Crippen molar-refractivity contribution in [3.8, 4) is 17.0 Å². The van der Waals surface area contributed by atoms with Gasteiger partial charge in [0.05, 0.1) is 16.7 Å². The van der Waals surface area contributed by atoms with E-state index in [4.69, 9.17) is 9.26 Å². The molecule has 1 saturated heterocycles. The number of hydrogen-bond donors (Lipinski definition) is 1. The van der Waals surface area contributed by atoms with Crippen molar-refractivity contribution in [2.45, 2.75) is 51.0 Å². The van der Waals surface area contributed by atoms with E-state index in [9.17, 15) is 13.2 Å². The minimum atomic E-state index is -3.68. The average Bonchev–Trinajstić information content (AvgIpc) is 3.22. The number of nitrogens with zero attached hydrogens (tertiary/aromatic N) is 2. The van der Waals surface area contributed by atoms with Crippen LogP contribution in [-0.2, 0) is 10.0 Å². The fourth-order valence-electron chi connectivity index (χ4n) is 4.00. The number of carbonyl (C=O) groups is 1. The number of nitrogens with one attached hydrogen (secondary N) is 1. The van der Waals surface area contributed by atoms with Crippen molar-refractivity contribution in [2.24, 2.45) is 0 Å². The van der Waals surface area contributed by atoms with Gasteiger partial charge in [-0.25, -0.2) is 8.42 Å². The van der Waals surface area contributed by atoms with Gasteiger partial charge < -0.3 is 14.6 Å². The zero-order valence-electron chi connectivity index (χ0n) is 19.6. The summed E-state index contributed by atoms with van der Waals surface area (Å²) in [5.74, 6) is 0.287. The highest BCUT2D eigenvalue weighted by atomic mass is 32.2. The van der Waals surface area contributed by atoms with Crippen LogP contribution in [0.4, 0.5) is 5.69 Å². The van der Waals surface area contributed by atoms with Gasteiger partial charge in [-0.05, 0) is 51.8 Å². The fourth-order valence-corrected chi connectivity index (χ4v) is 5.54. The number of benzene rings is 2. The van der Waals surface area contributed by atoms with Crippen LogP contribution in [0.5, 0.6) is 5.75 Å². The third-order valence-corrected chi connectivity index (χ3v) is 7.55. The molecule has 1 aliphatic heterocycles. The molecule has 2 aromatic carbocycles. The smallest absolute Gasteiger partial charge is 0.261 e.